The quantitative estimate of drug-likeness (QED) is 0.905. The number of thioether (sulfide) groups is 1. The molecule has 1 aromatic rings. The smallest absolute Gasteiger partial charge is 0.286 e. The van der Waals surface area contributed by atoms with E-state index in [9.17, 15) is 9.59 Å². The monoisotopic (exact) mass is 327 g/mol. The fraction of sp³-hybridized carbons (Fsp3) is 0.333. The van der Waals surface area contributed by atoms with Gasteiger partial charge in [-0.1, -0.05) is 27.7 Å². The molecule has 0 aromatic heterocycles. The topological polar surface area (TPSA) is 55.4 Å². The third-order valence-electron chi connectivity index (χ3n) is 3.00. The minimum Gasteiger partial charge on any atom is -0.493 e. The van der Waals surface area contributed by atoms with Crippen molar-refractivity contribution >= 4 is 38.8 Å². The van der Waals surface area contributed by atoms with Crippen molar-refractivity contribution in [3.8, 4) is 5.75 Å². The van der Waals surface area contributed by atoms with Crippen molar-refractivity contribution in [2.75, 3.05) is 6.61 Å². The Hall–Kier alpha value is -1.01. The fourth-order valence-corrected chi connectivity index (χ4v) is 3.62. The summed E-state index contributed by atoms with van der Waals surface area (Å²) in [6.07, 6.45) is 1.41. The Morgan fingerprint density at radius 3 is 3.00 bits per heavy atom. The maximum absolute atomic E-state index is 11.6. The maximum Gasteiger partial charge on any atom is 0.286 e. The fourth-order valence-electron chi connectivity index (χ4n) is 2.23. The Morgan fingerprint density at radius 2 is 2.28 bits per heavy atom. The van der Waals surface area contributed by atoms with Crippen LogP contribution >= 0.6 is 27.7 Å². The number of fused-ring (bicyclic) bond motifs is 1. The first kappa shape index (κ1) is 12.0. The second-order valence-corrected chi connectivity index (χ2v) is 6.33. The van der Waals surface area contributed by atoms with Crippen molar-refractivity contribution in [3.05, 3.63) is 27.7 Å². The van der Waals surface area contributed by atoms with Gasteiger partial charge in [-0.3, -0.25) is 14.9 Å². The molecule has 1 saturated heterocycles. The number of amides is 2. The second-order valence-electron chi connectivity index (χ2n) is 4.24. The van der Waals surface area contributed by atoms with Gasteiger partial charge in [-0.05, 0) is 29.7 Å². The summed E-state index contributed by atoms with van der Waals surface area (Å²) in [5, 5.41) is 1.69. The number of hydrogen-bond acceptors (Lipinski definition) is 4. The zero-order valence-electron chi connectivity index (χ0n) is 9.36. The molecule has 0 radical (unpaired) electrons. The highest BCUT2D eigenvalue weighted by molar-refractivity contribution is 9.10. The number of ether oxygens (including phenoxy) is 1. The van der Waals surface area contributed by atoms with E-state index in [0.29, 0.717) is 13.0 Å². The van der Waals surface area contributed by atoms with Crippen LogP contribution in [-0.4, -0.2) is 23.0 Å². The van der Waals surface area contributed by atoms with Crippen molar-refractivity contribution in [2.24, 2.45) is 0 Å². The van der Waals surface area contributed by atoms with E-state index < -0.39 is 0 Å². The van der Waals surface area contributed by atoms with Gasteiger partial charge in [0.15, 0.2) is 0 Å². The Balaban J connectivity index is 1.89. The number of nitrogens with one attached hydrogen (secondary N) is 1. The lowest BCUT2D eigenvalue weighted by Gasteiger charge is -2.11. The molecule has 4 nitrogen and oxygen atoms in total. The molecule has 2 aliphatic rings. The predicted octanol–water partition coefficient (Wildman–Crippen LogP) is 2.28. The van der Waals surface area contributed by atoms with Gasteiger partial charge in [-0.2, -0.15) is 0 Å². The molecule has 0 spiro atoms. The van der Waals surface area contributed by atoms with Crippen LogP contribution in [0.15, 0.2) is 16.6 Å². The van der Waals surface area contributed by atoms with E-state index in [4.69, 9.17) is 4.74 Å². The normalized spacial score (nSPS) is 21.7. The van der Waals surface area contributed by atoms with Crippen LogP contribution in [0.2, 0.25) is 0 Å². The molecule has 1 fully saturated rings. The van der Waals surface area contributed by atoms with Crippen LogP contribution < -0.4 is 10.1 Å². The molecule has 6 heteroatoms. The van der Waals surface area contributed by atoms with Gasteiger partial charge < -0.3 is 4.74 Å². The maximum atomic E-state index is 11.6. The summed E-state index contributed by atoms with van der Waals surface area (Å²) in [4.78, 5) is 22.7. The molecule has 2 aliphatic heterocycles. The number of benzene rings is 1. The summed E-state index contributed by atoms with van der Waals surface area (Å²) in [5.41, 5.74) is 2.15. The van der Waals surface area contributed by atoms with Crippen LogP contribution in [0.5, 0.6) is 5.75 Å². The summed E-state index contributed by atoms with van der Waals surface area (Å²) in [7, 11) is 0. The largest absolute Gasteiger partial charge is 0.493 e. The lowest BCUT2D eigenvalue weighted by molar-refractivity contribution is -0.118. The van der Waals surface area contributed by atoms with E-state index in [1.165, 1.54) is 0 Å². The van der Waals surface area contributed by atoms with Crippen LogP contribution in [0.25, 0.3) is 0 Å². The number of imide groups is 1. The molecule has 0 aliphatic carbocycles. The van der Waals surface area contributed by atoms with Gasteiger partial charge in [-0.25, -0.2) is 0 Å². The van der Waals surface area contributed by atoms with Crippen LogP contribution in [0, 0.1) is 0 Å². The summed E-state index contributed by atoms with van der Waals surface area (Å²) < 4.78 is 6.59. The molecule has 18 heavy (non-hydrogen) atoms. The summed E-state index contributed by atoms with van der Waals surface area (Å²) >= 11 is 4.51. The van der Waals surface area contributed by atoms with Crippen molar-refractivity contribution in [1.82, 2.24) is 5.32 Å². The number of carbonyl (C=O) groups is 2. The molecule has 1 aromatic carbocycles. The van der Waals surface area contributed by atoms with E-state index in [1.807, 2.05) is 12.1 Å². The molecule has 0 bridgehead atoms. The highest BCUT2D eigenvalue weighted by Gasteiger charge is 2.33. The number of hydrogen-bond donors (Lipinski definition) is 1. The van der Waals surface area contributed by atoms with Gasteiger partial charge >= 0.3 is 0 Å². The van der Waals surface area contributed by atoms with E-state index in [2.05, 4.69) is 21.2 Å². The van der Waals surface area contributed by atoms with Gasteiger partial charge in [0.05, 0.1) is 11.9 Å². The van der Waals surface area contributed by atoms with Gasteiger partial charge in [0.1, 0.15) is 5.75 Å². The number of carbonyl (C=O) groups excluding carboxylic acids is 2. The molecule has 1 unspecified atom stereocenters. The molecule has 2 heterocycles. The molecule has 1 N–H and O–H groups in total. The summed E-state index contributed by atoms with van der Waals surface area (Å²) in [5.74, 6) is 0.669. The Morgan fingerprint density at radius 1 is 1.44 bits per heavy atom. The van der Waals surface area contributed by atoms with Crippen LogP contribution in [0.1, 0.15) is 11.1 Å². The average Bonchev–Trinajstić information content (AvgIpc) is 2.86. The van der Waals surface area contributed by atoms with Crippen LogP contribution in [-0.2, 0) is 17.6 Å². The molecule has 0 saturated carbocycles. The zero-order chi connectivity index (χ0) is 12.7. The molecular weight excluding hydrogens is 318 g/mol. The molecule has 94 valence electrons. The Labute approximate surface area is 117 Å². The molecular formula is C12H10BrNO3S. The lowest BCUT2D eigenvalue weighted by atomic mass is 10.0. The predicted molar refractivity (Wildman–Crippen MR) is 72.0 cm³/mol. The number of rotatable bonds is 2. The van der Waals surface area contributed by atoms with Gasteiger partial charge in [-0.15, -0.1) is 0 Å². The van der Waals surface area contributed by atoms with E-state index in [-0.39, 0.29) is 16.4 Å². The molecule has 3 rings (SSSR count). The van der Waals surface area contributed by atoms with Gasteiger partial charge in [0.25, 0.3) is 5.24 Å². The van der Waals surface area contributed by atoms with E-state index in [1.54, 1.807) is 0 Å². The lowest BCUT2D eigenvalue weighted by Crippen LogP contribution is -2.25. The van der Waals surface area contributed by atoms with Gasteiger partial charge in [0.2, 0.25) is 5.91 Å². The summed E-state index contributed by atoms with van der Waals surface area (Å²) in [6.45, 7) is 0.682. The highest BCUT2D eigenvalue weighted by Crippen LogP contribution is 2.35. The first-order chi connectivity index (χ1) is 8.63. The van der Waals surface area contributed by atoms with Crippen molar-refractivity contribution in [2.45, 2.75) is 18.1 Å². The number of halogens is 1. The SMILES string of the molecule is O=C1NC(=O)C(Cc2cc(Br)cc3c2OCC3)S1. The van der Waals surface area contributed by atoms with Crippen molar-refractivity contribution in [3.63, 3.8) is 0 Å². The van der Waals surface area contributed by atoms with E-state index >= 15 is 0 Å². The Bertz CT molecular complexity index is 546. The van der Waals surface area contributed by atoms with E-state index in [0.717, 1.165) is 39.5 Å². The first-order valence-corrected chi connectivity index (χ1v) is 7.26. The third kappa shape index (κ3) is 2.14. The highest BCUT2D eigenvalue weighted by atomic mass is 79.9. The van der Waals surface area contributed by atoms with Crippen molar-refractivity contribution < 1.29 is 14.3 Å². The summed E-state index contributed by atoms with van der Waals surface area (Å²) in [6, 6.07) is 4.00. The van der Waals surface area contributed by atoms with Crippen LogP contribution in [0.4, 0.5) is 4.79 Å². The molecule has 1 atom stereocenters. The standard InChI is InChI=1S/C12H10BrNO3S/c13-8-3-6-1-2-17-10(6)7(4-8)5-9-11(15)14-12(16)18-9/h3-4,9H,1-2,5H2,(H,14,15,16). The minimum atomic E-state index is -0.347. The molecule has 2 amide bonds. The zero-order valence-corrected chi connectivity index (χ0v) is 11.8. The average molecular weight is 328 g/mol. The first-order valence-electron chi connectivity index (χ1n) is 5.59. The Kier molecular flexibility index (Phi) is 3.07. The third-order valence-corrected chi connectivity index (χ3v) is 4.44. The van der Waals surface area contributed by atoms with Gasteiger partial charge in [0, 0.05) is 10.9 Å². The van der Waals surface area contributed by atoms with Crippen LogP contribution in [0.3, 0.4) is 0 Å². The minimum absolute atomic E-state index is 0.211. The van der Waals surface area contributed by atoms with Crippen molar-refractivity contribution in [1.29, 1.82) is 0 Å². The second kappa shape index (κ2) is 4.59.